The number of anilines is 1. The third kappa shape index (κ3) is 4.54. The summed E-state index contributed by atoms with van der Waals surface area (Å²) < 4.78 is 40.8. The number of carbonyl (C=O) groups excluding carboxylic acids is 1. The molecule has 0 aliphatic heterocycles. The highest BCUT2D eigenvalue weighted by Crippen LogP contribution is 2.36. The van der Waals surface area contributed by atoms with E-state index in [0.29, 0.717) is 5.69 Å². The number of rotatable bonds is 4. The molecule has 0 unspecified atom stereocenters. The zero-order valence-corrected chi connectivity index (χ0v) is 16.0. The molecule has 0 bridgehead atoms. The van der Waals surface area contributed by atoms with Crippen molar-refractivity contribution in [2.75, 3.05) is 5.32 Å². The van der Waals surface area contributed by atoms with E-state index in [1.807, 2.05) is 19.1 Å². The fourth-order valence-electron chi connectivity index (χ4n) is 2.59. The van der Waals surface area contributed by atoms with E-state index in [0.717, 1.165) is 40.0 Å². The van der Waals surface area contributed by atoms with E-state index in [4.69, 9.17) is 0 Å². The van der Waals surface area contributed by atoms with Gasteiger partial charge in [-0.2, -0.15) is 13.2 Å². The van der Waals surface area contributed by atoms with Crippen molar-refractivity contribution < 1.29 is 18.0 Å². The summed E-state index contributed by atoms with van der Waals surface area (Å²) in [4.78, 5) is 17.4. The monoisotopic (exact) mass is 402 g/mol. The van der Waals surface area contributed by atoms with Gasteiger partial charge < -0.3 is 5.32 Å². The molecule has 0 spiro atoms. The number of alkyl halides is 3. The van der Waals surface area contributed by atoms with Crippen LogP contribution in [0, 0.1) is 13.8 Å². The molecule has 3 aromatic rings. The second kappa shape index (κ2) is 8.06. The third-order valence-electron chi connectivity index (χ3n) is 4.25. The van der Waals surface area contributed by atoms with Crippen molar-refractivity contribution in [2.24, 2.45) is 0 Å². The Morgan fingerprint density at radius 1 is 1.04 bits per heavy atom. The average Bonchev–Trinajstić information content (AvgIpc) is 2.65. The van der Waals surface area contributed by atoms with Gasteiger partial charge in [-0.1, -0.05) is 42.1 Å². The van der Waals surface area contributed by atoms with E-state index in [1.54, 1.807) is 43.3 Å². The van der Waals surface area contributed by atoms with Gasteiger partial charge in [0.05, 0.1) is 11.1 Å². The van der Waals surface area contributed by atoms with E-state index in [1.165, 1.54) is 0 Å². The fourth-order valence-corrected chi connectivity index (χ4v) is 3.41. The molecule has 0 aliphatic rings. The van der Waals surface area contributed by atoms with Crippen LogP contribution >= 0.6 is 11.8 Å². The molecule has 0 aliphatic carbocycles. The fraction of sp³-hybridized carbons (Fsp3) is 0.143. The van der Waals surface area contributed by atoms with Gasteiger partial charge >= 0.3 is 6.18 Å². The number of hydrogen-bond donors (Lipinski definition) is 1. The summed E-state index contributed by atoms with van der Waals surface area (Å²) in [7, 11) is 0. The van der Waals surface area contributed by atoms with Crippen LogP contribution in [0.25, 0.3) is 0 Å². The van der Waals surface area contributed by atoms with E-state index >= 15 is 0 Å². The van der Waals surface area contributed by atoms with Crippen LogP contribution in [0.4, 0.5) is 18.9 Å². The number of pyridine rings is 1. The molecular weight excluding hydrogens is 385 g/mol. The van der Waals surface area contributed by atoms with Gasteiger partial charge in [-0.3, -0.25) is 4.79 Å². The highest BCUT2D eigenvalue weighted by atomic mass is 32.2. The van der Waals surface area contributed by atoms with Crippen LogP contribution in [0.1, 0.15) is 27.0 Å². The minimum absolute atomic E-state index is 0.168. The number of amides is 1. The first-order valence-corrected chi connectivity index (χ1v) is 9.25. The van der Waals surface area contributed by atoms with Gasteiger partial charge in [0.2, 0.25) is 0 Å². The van der Waals surface area contributed by atoms with Gasteiger partial charge in [0.15, 0.2) is 0 Å². The molecule has 0 radical (unpaired) electrons. The van der Waals surface area contributed by atoms with Crippen molar-refractivity contribution in [3.05, 3.63) is 83.0 Å². The molecule has 0 saturated carbocycles. The minimum atomic E-state index is -4.68. The highest BCUT2D eigenvalue weighted by molar-refractivity contribution is 7.99. The van der Waals surface area contributed by atoms with Crippen LogP contribution in [0.2, 0.25) is 0 Å². The summed E-state index contributed by atoms with van der Waals surface area (Å²) >= 11 is 1.10. The number of aryl methyl sites for hydroxylation is 1. The SMILES string of the molecule is Cc1cccc(NC(=O)c2cnc(Sc3ccccc3)cc2C(F)(F)F)c1C. The lowest BCUT2D eigenvalue weighted by Crippen LogP contribution is -2.20. The predicted molar refractivity (Wildman–Crippen MR) is 104 cm³/mol. The Labute approximate surface area is 165 Å². The quantitative estimate of drug-likeness (QED) is 0.572. The molecule has 3 rings (SSSR count). The molecule has 28 heavy (non-hydrogen) atoms. The van der Waals surface area contributed by atoms with Crippen molar-refractivity contribution in [1.82, 2.24) is 4.98 Å². The van der Waals surface area contributed by atoms with Gasteiger partial charge in [-0.15, -0.1) is 0 Å². The molecule has 3 nitrogen and oxygen atoms in total. The molecule has 0 atom stereocenters. The zero-order chi connectivity index (χ0) is 20.3. The molecule has 1 aromatic heterocycles. The molecule has 1 N–H and O–H groups in total. The first-order valence-electron chi connectivity index (χ1n) is 8.43. The number of carbonyl (C=O) groups is 1. The summed E-state index contributed by atoms with van der Waals surface area (Å²) in [6.45, 7) is 3.66. The van der Waals surface area contributed by atoms with E-state index in [2.05, 4.69) is 10.3 Å². The lowest BCUT2D eigenvalue weighted by molar-refractivity contribution is -0.138. The van der Waals surface area contributed by atoms with Gasteiger partial charge in [0.25, 0.3) is 5.91 Å². The molecular formula is C21H17F3N2OS. The Hall–Kier alpha value is -2.80. The molecule has 1 heterocycles. The molecule has 2 aromatic carbocycles. The molecule has 0 fully saturated rings. The number of benzene rings is 2. The minimum Gasteiger partial charge on any atom is -0.322 e. The Balaban J connectivity index is 1.93. The van der Waals surface area contributed by atoms with Crippen LogP contribution in [0.3, 0.4) is 0 Å². The van der Waals surface area contributed by atoms with Gasteiger partial charge in [-0.25, -0.2) is 4.98 Å². The summed E-state index contributed by atoms with van der Waals surface area (Å²) in [5, 5.41) is 2.73. The highest BCUT2D eigenvalue weighted by Gasteiger charge is 2.36. The zero-order valence-electron chi connectivity index (χ0n) is 15.2. The Morgan fingerprint density at radius 2 is 1.75 bits per heavy atom. The topological polar surface area (TPSA) is 42.0 Å². The average molecular weight is 402 g/mol. The lowest BCUT2D eigenvalue weighted by atomic mass is 10.1. The number of nitrogens with zero attached hydrogens (tertiary/aromatic N) is 1. The number of halogens is 3. The van der Waals surface area contributed by atoms with Crippen LogP contribution in [-0.4, -0.2) is 10.9 Å². The van der Waals surface area contributed by atoms with Crippen molar-refractivity contribution in [2.45, 2.75) is 29.9 Å². The second-order valence-corrected chi connectivity index (χ2v) is 7.28. The third-order valence-corrected chi connectivity index (χ3v) is 5.19. The van der Waals surface area contributed by atoms with Crippen molar-refractivity contribution >= 4 is 23.4 Å². The number of aromatic nitrogens is 1. The largest absolute Gasteiger partial charge is 0.417 e. The first kappa shape index (κ1) is 19.9. The first-order chi connectivity index (χ1) is 13.3. The van der Waals surface area contributed by atoms with Crippen molar-refractivity contribution in [1.29, 1.82) is 0 Å². The molecule has 1 amide bonds. The van der Waals surface area contributed by atoms with Gasteiger partial charge in [-0.05, 0) is 49.2 Å². The van der Waals surface area contributed by atoms with Crippen LogP contribution in [0.5, 0.6) is 0 Å². The van der Waals surface area contributed by atoms with E-state index < -0.39 is 23.2 Å². The van der Waals surface area contributed by atoms with E-state index in [-0.39, 0.29) is 5.03 Å². The van der Waals surface area contributed by atoms with Crippen molar-refractivity contribution in [3.8, 4) is 0 Å². The second-order valence-electron chi connectivity index (χ2n) is 6.18. The maximum Gasteiger partial charge on any atom is 0.417 e. The maximum atomic E-state index is 13.6. The predicted octanol–water partition coefficient (Wildman–Crippen LogP) is 6.12. The Kier molecular flexibility index (Phi) is 5.74. The smallest absolute Gasteiger partial charge is 0.322 e. The Morgan fingerprint density at radius 3 is 2.43 bits per heavy atom. The van der Waals surface area contributed by atoms with Gasteiger partial charge in [0, 0.05) is 16.8 Å². The molecule has 7 heteroatoms. The van der Waals surface area contributed by atoms with Crippen LogP contribution in [0.15, 0.2) is 70.7 Å². The summed E-state index contributed by atoms with van der Waals surface area (Å²) in [6.07, 6.45) is -3.70. The van der Waals surface area contributed by atoms with Crippen LogP contribution in [-0.2, 0) is 6.18 Å². The normalized spacial score (nSPS) is 11.3. The summed E-state index contributed by atoms with van der Waals surface area (Å²) in [5.41, 5.74) is 0.686. The van der Waals surface area contributed by atoms with Crippen molar-refractivity contribution in [3.63, 3.8) is 0 Å². The summed E-state index contributed by atoms with van der Waals surface area (Å²) in [6, 6.07) is 15.1. The standard InChI is InChI=1S/C21H17F3N2OS/c1-13-7-6-10-18(14(13)2)26-20(27)16-12-25-19(11-17(16)21(22,23)24)28-15-8-4-3-5-9-15/h3-12H,1-2H3,(H,26,27). The van der Waals surface area contributed by atoms with Gasteiger partial charge in [0.1, 0.15) is 5.03 Å². The Bertz CT molecular complexity index is 1000. The van der Waals surface area contributed by atoms with E-state index in [9.17, 15) is 18.0 Å². The molecule has 0 saturated heterocycles. The number of hydrogen-bond acceptors (Lipinski definition) is 3. The lowest BCUT2D eigenvalue weighted by Gasteiger charge is -2.15. The number of nitrogens with one attached hydrogen (secondary N) is 1. The maximum absolute atomic E-state index is 13.6. The molecule has 144 valence electrons. The van der Waals surface area contributed by atoms with Crippen LogP contribution < -0.4 is 5.32 Å². The summed E-state index contributed by atoms with van der Waals surface area (Å²) in [5.74, 6) is -0.843.